The fourth-order valence-corrected chi connectivity index (χ4v) is 5.58. The van der Waals surface area contributed by atoms with Crippen LogP contribution >= 0.6 is 11.8 Å². The molecule has 4 aromatic rings. The Balaban J connectivity index is 1.45. The SMILES string of the molecule is COc1c(N2CCOCC2)cc(C(=O)CSc2nnc(-c3ccccc3)n2/N=C/c2ccc(C)cc2)cc1C(C)(C)C. The highest BCUT2D eigenvalue weighted by Crippen LogP contribution is 2.41. The zero-order chi connectivity index (χ0) is 29.7. The van der Waals surface area contributed by atoms with Crippen LogP contribution in [-0.4, -0.2) is 66.0 Å². The van der Waals surface area contributed by atoms with E-state index >= 15 is 0 Å². The molecule has 1 fully saturated rings. The Hall–Kier alpha value is -3.95. The number of ether oxygens (including phenoxy) is 2. The van der Waals surface area contributed by atoms with Crippen LogP contribution in [0.1, 0.15) is 47.8 Å². The van der Waals surface area contributed by atoms with Crippen LogP contribution in [-0.2, 0) is 10.2 Å². The highest BCUT2D eigenvalue weighted by molar-refractivity contribution is 7.99. The van der Waals surface area contributed by atoms with E-state index in [4.69, 9.17) is 14.6 Å². The first-order valence-corrected chi connectivity index (χ1v) is 15.1. The molecule has 0 N–H and O–H groups in total. The summed E-state index contributed by atoms with van der Waals surface area (Å²) in [7, 11) is 1.69. The molecule has 42 heavy (non-hydrogen) atoms. The molecule has 0 radical (unpaired) electrons. The third kappa shape index (κ3) is 6.74. The number of ketones is 1. The zero-order valence-electron chi connectivity index (χ0n) is 24.8. The van der Waals surface area contributed by atoms with Gasteiger partial charge in [0.1, 0.15) is 5.75 Å². The Morgan fingerprint density at radius 1 is 1.05 bits per heavy atom. The third-order valence-corrected chi connectivity index (χ3v) is 8.05. The largest absolute Gasteiger partial charge is 0.494 e. The van der Waals surface area contributed by atoms with Crippen molar-refractivity contribution in [1.82, 2.24) is 14.9 Å². The smallest absolute Gasteiger partial charge is 0.212 e. The van der Waals surface area contributed by atoms with Crippen LogP contribution in [0.3, 0.4) is 0 Å². The Morgan fingerprint density at radius 2 is 1.76 bits per heavy atom. The third-order valence-electron chi connectivity index (χ3n) is 7.13. The van der Waals surface area contributed by atoms with Crippen molar-refractivity contribution in [2.45, 2.75) is 38.3 Å². The number of benzene rings is 3. The van der Waals surface area contributed by atoms with E-state index in [1.165, 1.54) is 17.3 Å². The number of aryl methyl sites for hydroxylation is 1. The van der Waals surface area contributed by atoms with Gasteiger partial charge in [0.25, 0.3) is 0 Å². The highest BCUT2D eigenvalue weighted by Gasteiger charge is 2.27. The molecule has 0 saturated carbocycles. The van der Waals surface area contributed by atoms with Crippen LogP contribution in [0.2, 0.25) is 0 Å². The van der Waals surface area contributed by atoms with Gasteiger partial charge in [0.2, 0.25) is 5.16 Å². The van der Waals surface area contributed by atoms with Crippen LogP contribution in [0.5, 0.6) is 5.75 Å². The molecule has 3 aromatic carbocycles. The maximum absolute atomic E-state index is 13.7. The van der Waals surface area contributed by atoms with Gasteiger partial charge in [-0.25, -0.2) is 0 Å². The average molecular weight is 584 g/mol. The predicted molar refractivity (Wildman–Crippen MR) is 169 cm³/mol. The molecule has 9 heteroatoms. The minimum atomic E-state index is -0.217. The number of methoxy groups -OCH3 is 1. The van der Waals surface area contributed by atoms with Gasteiger partial charge >= 0.3 is 0 Å². The van der Waals surface area contributed by atoms with Crippen molar-refractivity contribution < 1.29 is 14.3 Å². The second-order valence-corrected chi connectivity index (χ2v) is 12.2. The summed E-state index contributed by atoms with van der Waals surface area (Å²) in [6.45, 7) is 11.2. The highest BCUT2D eigenvalue weighted by atomic mass is 32.2. The molecule has 218 valence electrons. The Labute approximate surface area is 251 Å². The number of morpholine rings is 1. The molecule has 0 unspecified atom stereocenters. The summed E-state index contributed by atoms with van der Waals surface area (Å²) >= 11 is 1.33. The van der Waals surface area contributed by atoms with Crippen LogP contribution < -0.4 is 9.64 Å². The molecule has 1 aliphatic rings. The summed E-state index contributed by atoms with van der Waals surface area (Å²) in [5.74, 6) is 1.61. The van der Waals surface area contributed by atoms with Crippen molar-refractivity contribution in [2.24, 2.45) is 5.10 Å². The molecule has 5 rings (SSSR count). The quantitative estimate of drug-likeness (QED) is 0.131. The van der Waals surface area contributed by atoms with Gasteiger partial charge < -0.3 is 14.4 Å². The van der Waals surface area contributed by atoms with Gasteiger partial charge in [-0.05, 0) is 30.0 Å². The average Bonchev–Trinajstić information content (AvgIpc) is 3.42. The van der Waals surface area contributed by atoms with Crippen molar-refractivity contribution in [1.29, 1.82) is 0 Å². The molecule has 0 amide bonds. The van der Waals surface area contributed by atoms with E-state index in [0.717, 1.165) is 41.2 Å². The number of hydrogen-bond donors (Lipinski definition) is 0. The second kappa shape index (κ2) is 12.9. The Kier molecular flexibility index (Phi) is 9.09. The monoisotopic (exact) mass is 583 g/mol. The lowest BCUT2D eigenvalue weighted by Gasteiger charge is -2.33. The van der Waals surface area contributed by atoms with E-state index in [9.17, 15) is 4.79 Å². The number of aromatic nitrogens is 3. The first kappa shape index (κ1) is 29.5. The number of nitrogens with zero attached hydrogens (tertiary/aromatic N) is 5. The number of carbonyl (C=O) groups excluding carboxylic acids is 1. The first-order valence-electron chi connectivity index (χ1n) is 14.1. The lowest BCUT2D eigenvalue weighted by atomic mass is 9.84. The molecule has 2 heterocycles. The molecule has 1 aliphatic heterocycles. The van der Waals surface area contributed by atoms with Gasteiger partial charge in [-0.3, -0.25) is 4.79 Å². The van der Waals surface area contributed by atoms with Gasteiger partial charge in [-0.15, -0.1) is 10.2 Å². The number of thioether (sulfide) groups is 1. The second-order valence-electron chi connectivity index (χ2n) is 11.3. The van der Waals surface area contributed by atoms with Crippen LogP contribution in [0.4, 0.5) is 5.69 Å². The van der Waals surface area contributed by atoms with Crippen molar-refractivity contribution >= 4 is 29.4 Å². The fraction of sp³-hybridized carbons (Fsp3) is 0.333. The van der Waals surface area contributed by atoms with E-state index in [1.807, 2.05) is 66.7 Å². The molecule has 0 bridgehead atoms. The Morgan fingerprint density at radius 3 is 2.43 bits per heavy atom. The topological polar surface area (TPSA) is 81.8 Å². The minimum Gasteiger partial charge on any atom is -0.494 e. The summed E-state index contributed by atoms with van der Waals surface area (Å²) in [6.07, 6.45) is 1.79. The molecule has 8 nitrogen and oxygen atoms in total. The van der Waals surface area contributed by atoms with Crippen molar-refractivity contribution in [3.63, 3.8) is 0 Å². The predicted octanol–water partition coefficient (Wildman–Crippen LogP) is 6.25. The Bertz CT molecular complexity index is 1550. The van der Waals surface area contributed by atoms with E-state index in [2.05, 4.69) is 42.8 Å². The van der Waals surface area contributed by atoms with Crippen LogP contribution in [0.25, 0.3) is 11.4 Å². The number of carbonyl (C=O) groups is 1. The number of Topliss-reactive ketones (excluding diaryl/α,β-unsaturated/α-hetero) is 1. The van der Waals surface area contributed by atoms with E-state index in [0.29, 0.717) is 29.8 Å². The molecular weight excluding hydrogens is 546 g/mol. The van der Waals surface area contributed by atoms with E-state index in [1.54, 1.807) is 18.0 Å². The molecule has 1 aromatic heterocycles. The summed E-state index contributed by atoms with van der Waals surface area (Å²) in [5, 5.41) is 14.1. The van der Waals surface area contributed by atoms with Crippen molar-refractivity contribution in [3.8, 4) is 17.1 Å². The number of anilines is 1. The summed E-state index contributed by atoms with van der Waals surface area (Å²) < 4.78 is 13.2. The standard InChI is InChI=1S/C33H37N5O3S/c1-23-11-13-24(14-12-23)21-34-38-31(25-9-7-6-8-10-25)35-36-32(38)42-22-29(39)26-19-27(33(2,3)4)30(40-5)28(20-26)37-15-17-41-18-16-37/h6-14,19-21H,15-18,22H2,1-5H3/b34-21+. The van der Waals surface area contributed by atoms with Gasteiger partial charge in [0.15, 0.2) is 11.6 Å². The van der Waals surface area contributed by atoms with Gasteiger partial charge in [0.05, 0.1) is 38.0 Å². The lowest BCUT2D eigenvalue weighted by Crippen LogP contribution is -2.37. The molecule has 1 saturated heterocycles. The zero-order valence-corrected chi connectivity index (χ0v) is 25.6. The van der Waals surface area contributed by atoms with Crippen LogP contribution in [0, 0.1) is 6.92 Å². The minimum absolute atomic E-state index is 0.000915. The number of hydrogen-bond acceptors (Lipinski definition) is 8. The molecule has 0 spiro atoms. The van der Waals surface area contributed by atoms with Gasteiger partial charge in [-0.1, -0.05) is 92.7 Å². The van der Waals surface area contributed by atoms with Gasteiger partial charge in [0, 0.05) is 29.8 Å². The maximum Gasteiger partial charge on any atom is 0.212 e. The molecule has 0 atom stereocenters. The fourth-order valence-electron chi connectivity index (χ4n) is 4.80. The lowest BCUT2D eigenvalue weighted by molar-refractivity contribution is 0.102. The summed E-state index contributed by atoms with van der Waals surface area (Å²) in [5.41, 5.74) is 5.39. The molecule has 0 aliphatic carbocycles. The summed E-state index contributed by atoms with van der Waals surface area (Å²) in [6, 6.07) is 21.9. The van der Waals surface area contributed by atoms with E-state index < -0.39 is 0 Å². The maximum atomic E-state index is 13.7. The molecular formula is C33H37N5O3S. The van der Waals surface area contributed by atoms with Crippen molar-refractivity contribution in [3.05, 3.63) is 89.0 Å². The van der Waals surface area contributed by atoms with Gasteiger partial charge in [-0.2, -0.15) is 9.78 Å². The normalized spacial score (nSPS) is 14.0. The van der Waals surface area contributed by atoms with Crippen LogP contribution in [0.15, 0.2) is 77.0 Å². The van der Waals surface area contributed by atoms with E-state index in [-0.39, 0.29) is 17.0 Å². The summed E-state index contributed by atoms with van der Waals surface area (Å²) in [4.78, 5) is 16.0. The van der Waals surface area contributed by atoms with Crippen molar-refractivity contribution in [2.75, 3.05) is 44.1 Å². The first-order chi connectivity index (χ1) is 20.2. The number of rotatable bonds is 9.